The number of nitrogens with one attached hydrogen (secondary N) is 4. The highest BCUT2D eigenvalue weighted by Gasteiger charge is 2.19. The highest BCUT2D eigenvalue weighted by atomic mass is 35.5. The third-order valence-electron chi connectivity index (χ3n) is 4.85. The molecule has 0 radical (unpaired) electrons. The molecular weight excluding hydrogens is 463 g/mol. The molecule has 176 valence electrons. The molecule has 0 fully saturated rings. The summed E-state index contributed by atoms with van der Waals surface area (Å²) in [5.74, 6) is 5.99. The maximum absolute atomic E-state index is 9.17. The Kier molecular flexibility index (Phi) is 10.7. The van der Waals surface area contributed by atoms with E-state index in [9.17, 15) is 0 Å². The van der Waals surface area contributed by atoms with Gasteiger partial charge in [-0.3, -0.25) is 10.6 Å². The third kappa shape index (κ3) is 8.09. The van der Waals surface area contributed by atoms with E-state index in [1.54, 1.807) is 18.2 Å². The lowest BCUT2D eigenvalue weighted by Gasteiger charge is -2.23. The Morgan fingerprint density at radius 3 is 2.58 bits per heavy atom. The normalized spacial score (nSPS) is 12.8. The molecule has 0 spiro atoms. The van der Waals surface area contributed by atoms with E-state index < -0.39 is 12.3 Å². The molecule has 2 aromatic carbocycles. The van der Waals surface area contributed by atoms with Crippen molar-refractivity contribution < 1.29 is 4.74 Å². The summed E-state index contributed by atoms with van der Waals surface area (Å²) in [4.78, 5) is 0. The predicted molar refractivity (Wildman–Crippen MR) is 132 cm³/mol. The van der Waals surface area contributed by atoms with Crippen LogP contribution in [-0.4, -0.2) is 30.7 Å². The van der Waals surface area contributed by atoms with Gasteiger partial charge in [0.25, 0.3) is 0 Å². The lowest BCUT2D eigenvalue weighted by Crippen LogP contribution is -2.49. The molecule has 6 N–H and O–H groups in total. The number of hydrogen-bond acceptors (Lipinski definition) is 8. The first kappa shape index (κ1) is 26.2. The molecule has 0 saturated heterocycles. The number of rotatable bonds is 13. The van der Waals surface area contributed by atoms with Crippen molar-refractivity contribution >= 4 is 34.6 Å². The van der Waals surface area contributed by atoms with Crippen LogP contribution < -0.4 is 26.5 Å². The van der Waals surface area contributed by atoms with Crippen molar-refractivity contribution in [3.05, 3.63) is 58.1 Å². The van der Waals surface area contributed by atoms with Gasteiger partial charge >= 0.3 is 0 Å². The molecule has 0 aliphatic carbocycles. The zero-order chi connectivity index (χ0) is 24.2. The van der Waals surface area contributed by atoms with Crippen molar-refractivity contribution in [2.24, 2.45) is 16.2 Å². The molecule has 0 bridgehead atoms. The fraction of sp³-hybridized carbons (Fsp3) is 0.364. The Morgan fingerprint density at radius 2 is 1.94 bits per heavy atom. The lowest BCUT2D eigenvalue weighted by molar-refractivity contribution is 0.193. The number of anilines is 1. The van der Waals surface area contributed by atoms with Crippen LogP contribution in [0, 0.1) is 16.9 Å². The van der Waals surface area contributed by atoms with Gasteiger partial charge in [0.2, 0.25) is 0 Å². The molecular formula is C22H28Cl2N8O. The van der Waals surface area contributed by atoms with E-state index in [1.807, 2.05) is 30.5 Å². The maximum Gasteiger partial charge on any atom is 0.179 e. The molecule has 11 heteroatoms. The minimum Gasteiger partial charge on any atom is -0.490 e. The second-order valence-corrected chi connectivity index (χ2v) is 7.93. The molecule has 33 heavy (non-hydrogen) atoms. The van der Waals surface area contributed by atoms with Crippen molar-refractivity contribution in [1.29, 1.82) is 10.7 Å². The molecule has 0 aliphatic rings. The summed E-state index contributed by atoms with van der Waals surface area (Å²) in [6.07, 6.45) is 3.24. The van der Waals surface area contributed by atoms with Gasteiger partial charge in [-0.05, 0) is 42.7 Å². The van der Waals surface area contributed by atoms with E-state index in [0.717, 1.165) is 24.3 Å². The molecule has 0 amide bonds. The predicted octanol–water partition coefficient (Wildman–Crippen LogP) is 4.68. The Hall–Kier alpha value is -3.06. The highest BCUT2D eigenvalue weighted by molar-refractivity contribution is 6.42. The SMILES string of the molecule is CCC(CC)Oc1cccc(NC(NC#N)NCC(N=NN)C(=N)c2ccc(Cl)c(Cl)c2)c1. The molecule has 9 nitrogen and oxygen atoms in total. The average molecular weight is 491 g/mol. The Bertz CT molecular complexity index is 991. The van der Waals surface area contributed by atoms with Gasteiger partial charge in [0.15, 0.2) is 12.5 Å². The number of ether oxygens (including phenoxy) is 1. The summed E-state index contributed by atoms with van der Waals surface area (Å²) < 4.78 is 5.99. The molecule has 2 unspecified atom stereocenters. The molecule has 2 rings (SSSR count). The summed E-state index contributed by atoms with van der Waals surface area (Å²) in [6, 6.07) is 11.6. The minimum absolute atomic E-state index is 0.140. The van der Waals surface area contributed by atoms with Crippen LogP contribution in [0.25, 0.3) is 0 Å². The van der Waals surface area contributed by atoms with Crippen molar-refractivity contribution in [2.75, 3.05) is 11.9 Å². The van der Waals surface area contributed by atoms with Crippen molar-refractivity contribution in [1.82, 2.24) is 10.6 Å². The van der Waals surface area contributed by atoms with Crippen molar-refractivity contribution in [3.8, 4) is 11.9 Å². The number of hydrogen-bond donors (Lipinski definition) is 5. The first-order chi connectivity index (χ1) is 15.9. The monoisotopic (exact) mass is 490 g/mol. The molecule has 0 heterocycles. The quantitative estimate of drug-likeness (QED) is 0.0524. The van der Waals surface area contributed by atoms with E-state index in [2.05, 4.69) is 40.1 Å². The first-order valence-electron chi connectivity index (χ1n) is 10.5. The molecule has 0 aliphatic heterocycles. The second-order valence-electron chi connectivity index (χ2n) is 7.12. The third-order valence-corrected chi connectivity index (χ3v) is 5.59. The largest absolute Gasteiger partial charge is 0.490 e. The van der Waals surface area contributed by atoms with E-state index in [4.69, 9.17) is 44.5 Å². The summed E-state index contributed by atoms with van der Waals surface area (Å²) in [6.45, 7) is 4.32. The molecule has 0 aromatic heterocycles. The second kappa shape index (κ2) is 13.5. The van der Waals surface area contributed by atoms with E-state index in [-0.39, 0.29) is 18.4 Å². The van der Waals surface area contributed by atoms with Gasteiger partial charge in [0.05, 0.1) is 21.9 Å². The average Bonchev–Trinajstić information content (AvgIpc) is 2.81. The number of nitriles is 1. The number of nitrogens with two attached hydrogens (primary N) is 1. The van der Waals surface area contributed by atoms with Crippen molar-refractivity contribution in [2.45, 2.75) is 45.1 Å². The van der Waals surface area contributed by atoms with Crippen molar-refractivity contribution in [3.63, 3.8) is 0 Å². The Balaban J connectivity index is 2.09. The highest BCUT2D eigenvalue weighted by Crippen LogP contribution is 2.24. The number of benzene rings is 2. The van der Waals surface area contributed by atoms with E-state index in [1.165, 1.54) is 0 Å². The smallest absolute Gasteiger partial charge is 0.179 e. The van der Waals surface area contributed by atoms with Crippen LogP contribution in [0.5, 0.6) is 5.75 Å². The van der Waals surface area contributed by atoms with Crippen LogP contribution in [0.4, 0.5) is 5.69 Å². The zero-order valence-electron chi connectivity index (χ0n) is 18.5. The van der Waals surface area contributed by atoms with Gasteiger partial charge in [0, 0.05) is 18.3 Å². The summed E-state index contributed by atoms with van der Waals surface area (Å²) in [5.41, 5.74) is 1.43. The first-order valence-corrected chi connectivity index (χ1v) is 11.2. The standard InChI is InChI=1S/C22H28Cl2N8O/c1-3-16(4-2)33-17-7-5-6-15(11-17)30-22(29-13-25)28-12-20(31-32-27)21(26)14-8-9-18(23)19(24)10-14/h5-11,16,20,22,26,28-30H,3-4,12H2,1-2H3,(H2,27,31). The topological polar surface area (TPSA) is 144 Å². The van der Waals surface area contributed by atoms with E-state index in [0.29, 0.717) is 15.6 Å². The van der Waals surface area contributed by atoms with Gasteiger partial charge in [-0.25, -0.2) is 0 Å². The van der Waals surface area contributed by atoms with Crippen LogP contribution >= 0.6 is 23.2 Å². The summed E-state index contributed by atoms with van der Waals surface area (Å²) in [7, 11) is 0. The summed E-state index contributed by atoms with van der Waals surface area (Å²) >= 11 is 12.0. The van der Waals surface area contributed by atoms with Crippen LogP contribution in [0.2, 0.25) is 10.0 Å². The minimum atomic E-state index is -0.721. The zero-order valence-corrected chi connectivity index (χ0v) is 20.0. The number of halogens is 2. The summed E-state index contributed by atoms with van der Waals surface area (Å²) in [5, 5.41) is 34.6. The Morgan fingerprint density at radius 1 is 1.18 bits per heavy atom. The fourth-order valence-electron chi connectivity index (χ4n) is 3.04. The van der Waals surface area contributed by atoms with Gasteiger partial charge in [-0.15, -0.1) is 0 Å². The fourth-order valence-corrected chi connectivity index (χ4v) is 3.34. The van der Waals surface area contributed by atoms with E-state index >= 15 is 0 Å². The molecule has 0 saturated carbocycles. The number of nitrogens with zero attached hydrogens (tertiary/aromatic N) is 3. The Labute approximate surface area is 203 Å². The van der Waals surface area contributed by atoms with Gasteiger partial charge in [0.1, 0.15) is 11.8 Å². The van der Waals surface area contributed by atoms with Crippen LogP contribution in [0.3, 0.4) is 0 Å². The molecule has 2 aromatic rings. The lowest BCUT2D eigenvalue weighted by atomic mass is 10.0. The van der Waals surface area contributed by atoms with Crippen LogP contribution in [0.1, 0.15) is 32.3 Å². The molecule has 2 atom stereocenters. The van der Waals surface area contributed by atoms with Gasteiger partial charge in [-0.1, -0.05) is 54.4 Å². The van der Waals surface area contributed by atoms with Crippen LogP contribution in [0.15, 0.2) is 52.8 Å². The van der Waals surface area contributed by atoms with Crippen LogP contribution in [-0.2, 0) is 0 Å². The van der Waals surface area contributed by atoms with Gasteiger partial charge < -0.3 is 21.3 Å². The maximum atomic E-state index is 9.17. The van der Waals surface area contributed by atoms with Gasteiger partial charge in [-0.2, -0.15) is 10.4 Å².